The molecule has 0 aliphatic heterocycles. The van der Waals surface area contributed by atoms with Crippen LogP contribution in [0.2, 0.25) is 0 Å². The van der Waals surface area contributed by atoms with Gasteiger partial charge in [-0.25, -0.2) is 4.79 Å². The molecular formula is C22H24ClN2O3-. The molecule has 0 saturated heterocycles. The molecule has 5 nitrogen and oxygen atoms in total. The molecule has 0 bridgehead atoms. The molecule has 2 aromatic carbocycles. The number of aromatic nitrogens is 1. The van der Waals surface area contributed by atoms with Gasteiger partial charge in [-0.2, -0.15) is 0 Å². The number of pyridine rings is 1. The third kappa shape index (κ3) is 5.14. The number of ether oxygens (including phenoxy) is 2. The van der Waals surface area contributed by atoms with Crippen LogP contribution in [-0.4, -0.2) is 30.7 Å². The zero-order chi connectivity index (χ0) is 19.1. The van der Waals surface area contributed by atoms with E-state index in [1.165, 1.54) is 5.56 Å². The Labute approximate surface area is 171 Å². The molecule has 3 rings (SSSR count). The lowest BCUT2D eigenvalue weighted by atomic mass is 10.1. The van der Waals surface area contributed by atoms with E-state index in [0.29, 0.717) is 25.3 Å². The summed E-state index contributed by atoms with van der Waals surface area (Å²) in [6.07, 6.45) is 2.42. The molecule has 3 aromatic rings. The Morgan fingerprint density at radius 1 is 1.07 bits per heavy atom. The van der Waals surface area contributed by atoms with E-state index < -0.39 is 0 Å². The summed E-state index contributed by atoms with van der Waals surface area (Å²) < 4.78 is 10.8. The second-order valence-corrected chi connectivity index (χ2v) is 6.04. The monoisotopic (exact) mass is 399 g/mol. The normalized spacial score (nSPS) is 10.2. The van der Waals surface area contributed by atoms with Gasteiger partial charge in [0.25, 0.3) is 0 Å². The standard InChI is InChI=1S/C22H24N2O3.ClH/c1-3-26-17-10-11-20-18(14-17)21(19(15-24-20)22(25)27-4-2)23-13-12-16-8-6-5-7-9-16;/h5-11,14-15H,3-4,12-13H2,1-2H3,(H,23,24);1H/p-1. The number of carbonyl (C=O) groups excluding carboxylic acids is 1. The number of hydrogen-bond donors (Lipinski definition) is 1. The van der Waals surface area contributed by atoms with Crippen molar-refractivity contribution in [3.05, 3.63) is 65.9 Å². The van der Waals surface area contributed by atoms with Crippen molar-refractivity contribution < 1.29 is 26.7 Å². The van der Waals surface area contributed by atoms with Crippen molar-refractivity contribution in [2.24, 2.45) is 0 Å². The Morgan fingerprint density at radius 3 is 2.57 bits per heavy atom. The van der Waals surface area contributed by atoms with E-state index in [1.807, 2.05) is 43.3 Å². The number of halogens is 1. The third-order valence-electron chi connectivity index (χ3n) is 4.20. The van der Waals surface area contributed by atoms with Crippen LogP contribution in [0, 0.1) is 0 Å². The predicted octanol–water partition coefficient (Wildman–Crippen LogP) is 1.47. The first-order chi connectivity index (χ1) is 13.2. The van der Waals surface area contributed by atoms with Crippen molar-refractivity contribution in [2.75, 3.05) is 25.1 Å². The molecule has 6 heteroatoms. The molecule has 0 atom stereocenters. The minimum atomic E-state index is -0.379. The molecule has 0 radical (unpaired) electrons. The molecule has 0 fully saturated rings. The lowest BCUT2D eigenvalue weighted by molar-refractivity contribution is -0.0000242. The van der Waals surface area contributed by atoms with E-state index in [1.54, 1.807) is 13.1 Å². The second-order valence-electron chi connectivity index (χ2n) is 6.04. The fourth-order valence-electron chi connectivity index (χ4n) is 2.96. The summed E-state index contributed by atoms with van der Waals surface area (Å²) in [5.74, 6) is 0.370. The molecule has 148 valence electrons. The summed E-state index contributed by atoms with van der Waals surface area (Å²) >= 11 is 0. The molecule has 28 heavy (non-hydrogen) atoms. The van der Waals surface area contributed by atoms with Crippen molar-refractivity contribution in [1.82, 2.24) is 4.98 Å². The summed E-state index contributed by atoms with van der Waals surface area (Å²) in [6.45, 7) is 5.32. The number of anilines is 1. The predicted molar refractivity (Wildman–Crippen MR) is 108 cm³/mol. The van der Waals surface area contributed by atoms with Gasteiger partial charge in [0, 0.05) is 18.1 Å². The third-order valence-corrected chi connectivity index (χ3v) is 4.20. The number of carbonyl (C=O) groups is 1. The van der Waals surface area contributed by atoms with Crippen molar-refractivity contribution >= 4 is 22.6 Å². The molecule has 0 unspecified atom stereocenters. The lowest BCUT2D eigenvalue weighted by Gasteiger charge is -2.15. The number of nitrogens with zero attached hydrogens (tertiary/aromatic N) is 1. The Hall–Kier alpha value is -2.79. The first kappa shape index (κ1) is 21.5. The molecule has 1 aromatic heterocycles. The molecule has 0 amide bonds. The van der Waals surface area contributed by atoms with Crippen LogP contribution in [0.3, 0.4) is 0 Å². The molecule has 0 saturated carbocycles. The van der Waals surface area contributed by atoms with Crippen molar-refractivity contribution in [3.8, 4) is 5.75 Å². The number of rotatable bonds is 8. The van der Waals surface area contributed by atoms with E-state index in [0.717, 1.165) is 28.8 Å². The van der Waals surface area contributed by atoms with Gasteiger partial charge in [0.1, 0.15) is 11.3 Å². The van der Waals surface area contributed by atoms with Crippen molar-refractivity contribution in [1.29, 1.82) is 0 Å². The molecule has 1 heterocycles. The summed E-state index contributed by atoms with van der Waals surface area (Å²) in [7, 11) is 0. The first-order valence-corrected chi connectivity index (χ1v) is 9.23. The SMILES string of the molecule is CCOC(=O)c1cnc2ccc(OCC)cc2c1NCCc1ccccc1.[Cl-]. The van der Waals surface area contributed by atoms with Crippen LogP contribution in [0.15, 0.2) is 54.7 Å². The van der Waals surface area contributed by atoms with Crippen LogP contribution in [0.1, 0.15) is 29.8 Å². The summed E-state index contributed by atoms with van der Waals surface area (Å²) in [4.78, 5) is 16.8. The van der Waals surface area contributed by atoms with Gasteiger partial charge in [-0.05, 0) is 44.0 Å². The lowest BCUT2D eigenvalue weighted by Crippen LogP contribution is -3.00. The summed E-state index contributed by atoms with van der Waals surface area (Å²) in [6, 6.07) is 15.9. The number of nitrogens with one attached hydrogen (secondary N) is 1. The maximum Gasteiger partial charge on any atom is 0.341 e. The van der Waals surface area contributed by atoms with E-state index in [9.17, 15) is 4.79 Å². The van der Waals surface area contributed by atoms with Gasteiger partial charge in [0.05, 0.1) is 24.4 Å². The fraction of sp³-hybridized carbons (Fsp3) is 0.273. The summed E-state index contributed by atoms with van der Waals surface area (Å²) in [5, 5.41) is 4.26. The highest BCUT2D eigenvalue weighted by molar-refractivity contribution is 6.05. The number of hydrogen-bond acceptors (Lipinski definition) is 5. The van der Waals surface area contributed by atoms with Crippen LogP contribution in [0.5, 0.6) is 5.75 Å². The zero-order valence-corrected chi connectivity index (χ0v) is 16.8. The molecule has 0 aliphatic carbocycles. The van der Waals surface area contributed by atoms with Gasteiger partial charge in [0.2, 0.25) is 0 Å². The molecular weight excluding hydrogens is 376 g/mol. The maximum atomic E-state index is 12.4. The average Bonchev–Trinajstić information content (AvgIpc) is 2.69. The minimum absolute atomic E-state index is 0. The first-order valence-electron chi connectivity index (χ1n) is 9.23. The highest BCUT2D eigenvalue weighted by atomic mass is 35.5. The van der Waals surface area contributed by atoms with E-state index in [2.05, 4.69) is 22.4 Å². The highest BCUT2D eigenvalue weighted by Gasteiger charge is 2.17. The largest absolute Gasteiger partial charge is 1.00 e. The maximum absolute atomic E-state index is 12.4. The van der Waals surface area contributed by atoms with E-state index in [-0.39, 0.29) is 18.4 Å². The Morgan fingerprint density at radius 2 is 1.86 bits per heavy atom. The zero-order valence-electron chi connectivity index (χ0n) is 16.1. The second kappa shape index (κ2) is 10.5. The van der Waals surface area contributed by atoms with Crippen molar-refractivity contribution in [3.63, 3.8) is 0 Å². The Balaban J connectivity index is 0.00000280. The van der Waals surface area contributed by atoms with Crippen LogP contribution in [0.4, 0.5) is 5.69 Å². The Bertz CT molecular complexity index is 916. The smallest absolute Gasteiger partial charge is 0.341 e. The van der Waals surface area contributed by atoms with Crippen LogP contribution in [-0.2, 0) is 11.2 Å². The number of fused-ring (bicyclic) bond motifs is 1. The fourth-order valence-corrected chi connectivity index (χ4v) is 2.96. The highest BCUT2D eigenvalue weighted by Crippen LogP contribution is 2.30. The van der Waals surface area contributed by atoms with Crippen LogP contribution in [0.25, 0.3) is 10.9 Å². The van der Waals surface area contributed by atoms with Gasteiger partial charge in [-0.15, -0.1) is 0 Å². The van der Waals surface area contributed by atoms with Gasteiger partial charge < -0.3 is 27.2 Å². The van der Waals surface area contributed by atoms with Crippen molar-refractivity contribution in [2.45, 2.75) is 20.3 Å². The van der Waals surface area contributed by atoms with Gasteiger partial charge >= 0.3 is 5.97 Å². The number of benzene rings is 2. The molecule has 0 aliphatic rings. The van der Waals surface area contributed by atoms with E-state index in [4.69, 9.17) is 9.47 Å². The van der Waals surface area contributed by atoms with Gasteiger partial charge in [-0.1, -0.05) is 30.3 Å². The number of esters is 1. The average molecular weight is 400 g/mol. The molecule has 1 N–H and O–H groups in total. The minimum Gasteiger partial charge on any atom is -1.00 e. The van der Waals surface area contributed by atoms with Gasteiger partial charge in [-0.3, -0.25) is 4.98 Å². The van der Waals surface area contributed by atoms with E-state index >= 15 is 0 Å². The topological polar surface area (TPSA) is 60.5 Å². The van der Waals surface area contributed by atoms with Gasteiger partial charge in [0.15, 0.2) is 0 Å². The molecule has 0 spiro atoms. The quantitative estimate of drug-likeness (QED) is 0.581. The van der Waals surface area contributed by atoms with Crippen LogP contribution >= 0.6 is 0 Å². The Kier molecular flexibility index (Phi) is 8.08. The van der Waals surface area contributed by atoms with Crippen LogP contribution < -0.4 is 22.5 Å². The summed E-state index contributed by atoms with van der Waals surface area (Å²) in [5.41, 5.74) is 3.20.